The van der Waals surface area contributed by atoms with Crippen LogP contribution in [0.3, 0.4) is 0 Å². The van der Waals surface area contributed by atoms with Crippen LogP contribution in [0, 0.1) is 0 Å². The van der Waals surface area contributed by atoms with Crippen LogP contribution in [0.4, 0.5) is 0 Å². The average molecular weight is 475 g/mol. The summed E-state index contributed by atoms with van der Waals surface area (Å²) in [5, 5.41) is 3.07. The largest absolute Gasteiger partial charge is 0.497 e. The van der Waals surface area contributed by atoms with Gasteiger partial charge < -0.3 is 19.7 Å². The highest BCUT2D eigenvalue weighted by Gasteiger charge is 2.31. The van der Waals surface area contributed by atoms with E-state index in [0.29, 0.717) is 24.5 Å². The van der Waals surface area contributed by atoms with E-state index in [1.165, 1.54) is 0 Å². The van der Waals surface area contributed by atoms with Gasteiger partial charge in [-0.15, -0.1) is 0 Å². The summed E-state index contributed by atoms with van der Waals surface area (Å²) in [6.45, 7) is 4.11. The molecule has 3 aromatic rings. The zero-order chi connectivity index (χ0) is 25.0. The lowest BCUT2D eigenvalue weighted by molar-refractivity contribution is -0.143. The first-order valence-electron chi connectivity index (χ1n) is 11.9. The number of nitrogens with zero attached hydrogens (tertiary/aromatic N) is 1. The van der Waals surface area contributed by atoms with Crippen molar-refractivity contribution in [3.63, 3.8) is 0 Å². The molecule has 0 heterocycles. The Labute approximate surface area is 207 Å². The Balaban J connectivity index is 1.86. The van der Waals surface area contributed by atoms with Crippen molar-refractivity contribution < 1.29 is 19.1 Å². The van der Waals surface area contributed by atoms with Gasteiger partial charge in [-0.1, -0.05) is 67.6 Å². The number of methoxy groups -OCH3 is 1. The molecule has 2 atom stereocenters. The highest BCUT2D eigenvalue weighted by Crippen LogP contribution is 2.19. The summed E-state index contributed by atoms with van der Waals surface area (Å²) in [5.74, 6) is 0.836. The Kier molecular flexibility index (Phi) is 9.72. The minimum atomic E-state index is -0.682. The Bertz CT molecular complexity index is 1060. The fourth-order valence-electron chi connectivity index (χ4n) is 3.68. The smallest absolute Gasteiger partial charge is 0.261 e. The number of ether oxygens (including phenoxy) is 2. The number of hydrogen-bond acceptors (Lipinski definition) is 4. The fourth-order valence-corrected chi connectivity index (χ4v) is 3.68. The molecule has 0 radical (unpaired) electrons. The Hall–Kier alpha value is -3.80. The number of nitrogens with one attached hydrogen (secondary N) is 1. The molecule has 0 saturated heterocycles. The van der Waals surface area contributed by atoms with Gasteiger partial charge in [0.05, 0.1) is 7.11 Å². The Morgan fingerprint density at radius 2 is 1.43 bits per heavy atom. The van der Waals surface area contributed by atoms with Crippen LogP contribution in [0.5, 0.6) is 11.5 Å². The van der Waals surface area contributed by atoms with E-state index in [1.54, 1.807) is 36.3 Å². The highest BCUT2D eigenvalue weighted by molar-refractivity contribution is 5.88. The van der Waals surface area contributed by atoms with Gasteiger partial charge in [-0.3, -0.25) is 9.59 Å². The molecule has 184 valence electrons. The number of amides is 2. The van der Waals surface area contributed by atoms with Crippen molar-refractivity contribution in [2.45, 2.75) is 45.3 Å². The predicted octanol–water partition coefficient (Wildman–Crippen LogP) is 4.63. The molecule has 0 aliphatic rings. The lowest BCUT2D eigenvalue weighted by Crippen LogP contribution is -2.53. The summed E-state index contributed by atoms with van der Waals surface area (Å²) < 4.78 is 11.0. The van der Waals surface area contributed by atoms with Crippen molar-refractivity contribution in [2.75, 3.05) is 13.7 Å². The zero-order valence-electron chi connectivity index (χ0n) is 20.6. The molecule has 6 nitrogen and oxygen atoms in total. The molecule has 2 amide bonds. The van der Waals surface area contributed by atoms with Crippen LogP contribution in [-0.2, 0) is 22.6 Å². The maximum atomic E-state index is 13.5. The van der Waals surface area contributed by atoms with Crippen LogP contribution in [-0.4, -0.2) is 42.5 Å². The van der Waals surface area contributed by atoms with Gasteiger partial charge in [0.1, 0.15) is 17.5 Å². The summed E-state index contributed by atoms with van der Waals surface area (Å²) in [7, 11) is 1.60. The highest BCUT2D eigenvalue weighted by atomic mass is 16.5. The third-order valence-corrected chi connectivity index (χ3v) is 5.89. The van der Waals surface area contributed by atoms with Gasteiger partial charge in [-0.2, -0.15) is 0 Å². The van der Waals surface area contributed by atoms with Crippen molar-refractivity contribution in [3.05, 3.63) is 96.1 Å². The molecule has 0 bridgehead atoms. The summed E-state index contributed by atoms with van der Waals surface area (Å²) >= 11 is 0. The number of benzene rings is 3. The molecule has 0 saturated carbocycles. The van der Waals surface area contributed by atoms with Crippen LogP contribution >= 0.6 is 0 Å². The maximum absolute atomic E-state index is 13.5. The standard InChI is InChI=1S/C29H34N2O4/c1-4-22(2)30-29(33)27(19-23-11-7-5-8-12-23)31(20-24-13-9-6-10-14-24)28(32)21-35-26-17-15-25(34-3)16-18-26/h5-18,22,27H,4,19-21H2,1-3H3,(H,30,33)/t22-,27-/m0/s1. The van der Waals surface area contributed by atoms with Crippen molar-refractivity contribution in [1.82, 2.24) is 10.2 Å². The van der Waals surface area contributed by atoms with Gasteiger partial charge in [0.2, 0.25) is 5.91 Å². The second-order valence-corrected chi connectivity index (χ2v) is 8.49. The Morgan fingerprint density at radius 1 is 0.857 bits per heavy atom. The summed E-state index contributed by atoms with van der Waals surface area (Å²) in [6.07, 6.45) is 1.21. The van der Waals surface area contributed by atoms with Crippen LogP contribution < -0.4 is 14.8 Å². The summed E-state index contributed by atoms with van der Waals surface area (Å²) in [5.41, 5.74) is 1.93. The van der Waals surface area contributed by atoms with Gasteiger partial charge in [-0.25, -0.2) is 0 Å². The first-order chi connectivity index (χ1) is 17.0. The number of hydrogen-bond donors (Lipinski definition) is 1. The minimum absolute atomic E-state index is 0.00463. The molecular weight excluding hydrogens is 440 g/mol. The van der Waals surface area contributed by atoms with Gasteiger partial charge in [0.25, 0.3) is 5.91 Å². The monoisotopic (exact) mass is 474 g/mol. The molecule has 0 aliphatic heterocycles. The van der Waals surface area contributed by atoms with Crippen molar-refractivity contribution in [3.8, 4) is 11.5 Å². The molecular formula is C29H34N2O4. The fraction of sp³-hybridized carbons (Fsp3) is 0.310. The van der Waals surface area contributed by atoms with Crippen molar-refractivity contribution >= 4 is 11.8 Å². The average Bonchev–Trinajstić information content (AvgIpc) is 2.90. The molecule has 35 heavy (non-hydrogen) atoms. The van der Waals surface area contributed by atoms with Gasteiger partial charge in [-0.05, 0) is 48.7 Å². The van der Waals surface area contributed by atoms with Gasteiger partial charge in [0, 0.05) is 19.0 Å². The van der Waals surface area contributed by atoms with E-state index in [-0.39, 0.29) is 24.5 Å². The van der Waals surface area contributed by atoms with E-state index in [0.717, 1.165) is 17.5 Å². The molecule has 0 aliphatic carbocycles. The van der Waals surface area contributed by atoms with E-state index in [4.69, 9.17) is 9.47 Å². The lowest BCUT2D eigenvalue weighted by Gasteiger charge is -2.32. The van der Waals surface area contributed by atoms with E-state index < -0.39 is 6.04 Å². The second-order valence-electron chi connectivity index (χ2n) is 8.49. The van der Waals surface area contributed by atoms with Gasteiger partial charge >= 0.3 is 0 Å². The molecule has 3 aromatic carbocycles. The Morgan fingerprint density at radius 3 is 2.00 bits per heavy atom. The quantitative estimate of drug-likeness (QED) is 0.416. The normalized spacial score (nSPS) is 12.3. The van der Waals surface area contributed by atoms with Crippen LogP contribution in [0.15, 0.2) is 84.9 Å². The van der Waals surface area contributed by atoms with E-state index in [2.05, 4.69) is 5.32 Å². The second kappa shape index (κ2) is 13.2. The zero-order valence-corrected chi connectivity index (χ0v) is 20.6. The van der Waals surface area contributed by atoms with Gasteiger partial charge in [0.15, 0.2) is 6.61 Å². The summed E-state index contributed by atoms with van der Waals surface area (Å²) in [6, 6.07) is 25.8. The van der Waals surface area contributed by atoms with E-state index in [9.17, 15) is 9.59 Å². The molecule has 3 rings (SSSR count). The van der Waals surface area contributed by atoms with E-state index >= 15 is 0 Å². The first-order valence-corrected chi connectivity index (χ1v) is 11.9. The first kappa shape index (κ1) is 25.8. The van der Waals surface area contributed by atoms with Crippen molar-refractivity contribution in [2.24, 2.45) is 0 Å². The number of carbonyl (C=O) groups excluding carboxylic acids is 2. The number of rotatable bonds is 12. The molecule has 0 unspecified atom stereocenters. The topological polar surface area (TPSA) is 67.9 Å². The molecule has 1 N–H and O–H groups in total. The molecule has 0 aromatic heterocycles. The third kappa shape index (κ3) is 7.88. The van der Waals surface area contributed by atoms with E-state index in [1.807, 2.05) is 74.5 Å². The predicted molar refractivity (Wildman–Crippen MR) is 137 cm³/mol. The SMILES string of the molecule is CC[C@H](C)NC(=O)[C@H](Cc1ccccc1)N(Cc1ccccc1)C(=O)COc1ccc(OC)cc1. The maximum Gasteiger partial charge on any atom is 0.261 e. The van der Waals surface area contributed by atoms with Crippen molar-refractivity contribution in [1.29, 1.82) is 0 Å². The lowest BCUT2D eigenvalue weighted by atomic mass is 10.0. The summed E-state index contributed by atoms with van der Waals surface area (Å²) in [4.78, 5) is 28.6. The molecule has 6 heteroatoms. The third-order valence-electron chi connectivity index (χ3n) is 5.89. The van der Waals surface area contributed by atoms with Crippen LogP contribution in [0.1, 0.15) is 31.4 Å². The molecule has 0 spiro atoms. The molecule has 0 fully saturated rings. The number of carbonyl (C=O) groups is 2. The minimum Gasteiger partial charge on any atom is -0.497 e. The van der Waals surface area contributed by atoms with Crippen LogP contribution in [0.2, 0.25) is 0 Å². The van der Waals surface area contributed by atoms with Crippen LogP contribution in [0.25, 0.3) is 0 Å².